The molecule has 0 fully saturated rings. The SMILES string of the molecule is O.O=S(=O)([O-])C1Cc2ccccc2N1.[Na+]. The largest absolute Gasteiger partial charge is 1.00 e. The zero-order valence-corrected chi connectivity index (χ0v) is 11.0. The van der Waals surface area contributed by atoms with Gasteiger partial charge in [0.15, 0.2) is 0 Å². The molecule has 1 aromatic rings. The van der Waals surface area contributed by atoms with Gasteiger partial charge in [0.2, 0.25) is 0 Å². The number of anilines is 1. The summed E-state index contributed by atoms with van der Waals surface area (Å²) in [7, 11) is -4.23. The average Bonchev–Trinajstić information content (AvgIpc) is 2.45. The molecule has 15 heavy (non-hydrogen) atoms. The third kappa shape index (κ3) is 3.17. The molecule has 3 N–H and O–H groups in total. The van der Waals surface area contributed by atoms with Crippen molar-refractivity contribution in [2.24, 2.45) is 0 Å². The molecule has 0 aliphatic carbocycles. The van der Waals surface area contributed by atoms with Crippen molar-refractivity contribution < 1.29 is 48.0 Å². The van der Waals surface area contributed by atoms with Gasteiger partial charge in [-0.1, -0.05) is 18.2 Å². The minimum absolute atomic E-state index is 0. The summed E-state index contributed by atoms with van der Waals surface area (Å²) in [4.78, 5) is 0. The van der Waals surface area contributed by atoms with Crippen LogP contribution in [-0.4, -0.2) is 23.8 Å². The van der Waals surface area contributed by atoms with E-state index in [9.17, 15) is 13.0 Å². The first-order valence-corrected chi connectivity index (χ1v) is 5.33. The van der Waals surface area contributed by atoms with Gasteiger partial charge in [0.25, 0.3) is 0 Å². The first kappa shape index (κ1) is 14.9. The van der Waals surface area contributed by atoms with Crippen molar-refractivity contribution in [1.82, 2.24) is 0 Å². The van der Waals surface area contributed by atoms with Crippen LogP contribution in [0.1, 0.15) is 5.56 Å². The van der Waals surface area contributed by atoms with Crippen LogP contribution in [0, 0.1) is 0 Å². The second-order valence-electron chi connectivity index (χ2n) is 2.99. The van der Waals surface area contributed by atoms with E-state index in [1.54, 1.807) is 12.1 Å². The van der Waals surface area contributed by atoms with Gasteiger partial charge in [-0.25, -0.2) is 8.42 Å². The fraction of sp³-hybridized carbons (Fsp3) is 0.250. The Balaban J connectivity index is 0.000000980. The predicted octanol–water partition coefficient (Wildman–Crippen LogP) is -3.29. The Hall–Kier alpha value is -0.110. The third-order valence-electron chi connectivity index (χ3n) is 2.09. The Kier molecular flexibility index (Phi) is 5.25. The fourth-order valence-electron chi connectivity index (χ4n) is 1.44. The Morgan fingerprint density at radius 1 is 1.33 bits per heavy atom. The molecule has 1 heterocycles. The zero-order chi connectivity index (χ0) is 9.47. The van der Waals surface area contributed by atoms with E-state index in [1.165, 1.54) is 0 Å². The van der Waals surface area contributed by atoms with Crippen LogP contribution >= 0.6 is 0 Å². The van der Waals surface area contributed by atoms with E-state index >= 15 is 0 Å². The molecule has 5 nitrogen and oxygen atoms in total. The van der Waals surface area contributed by atoms with Gasteiger partial charge in [-0.15, -0.1) is 0 Å². The first-order chi connectivity index (χ1) is 6.07. The molecule has 1 aliphatic rings. The van der Waals surface area contributed by atoms with E-state index in [4.69, 9.17) is 0 Å². The number of benzene rings is 1. The molecule has 0 saturated carbocycles. The molecule has 0 radical (unpaired) electrons. The third-order valence-corrected chi connectivity index (χ3v) is 3.07. The van der Waals surface area contributed by atoms with E-state index in [1.807, 2.05) is 12.1 Å². The maximum atomic E-state index is 10.7. The summed E-state index contributed by atoms with van der Waals surface area (Å²) in [6.45, 7) is 0. The second kappa shape index (κ2) is 5.29. The van der Waals surface area contributed by atoms with Crippen LogP contribution in [0.15, 0.2) is 24.3 Å². The maximum absolute atomic E-state index is 10.7. The molecule has 78 valence electrons. The van der Waals surface area contributed by atoms with Crippen LogP contribution in [0.2, 0.25) is 0 Å². The van der Waals surface area contributed by atoms with Gasteiger partial charge in [0, 0.05) is 12.1 Å². The maximum Gasteiger partial charge on any atom is 1.00 e. The van der Waals surface area contributed by atoms with E-state index in [0.717, 1.165) is 11.3 Å². The topological polar surface area (TPSA) is 101 Å². The van der Waals surface area contributed by atoms with Crippen LogP contribution in [-0.2, 0) is 16.5 Å². The summed E-state index contributed by atoms with van der Waals surface area (Å²) in [5, 5.41) is 1.68. The summed E-state index contributed by atoms with van der Waals surface area (Å²) < 4.78 is 32.1. The van der Waals surface area contributed by atoms with E-state index in [0.29, 0.717) is 0 Å². The molecule has 2 rings (SSSR count). The fourth-order valence-corrected chi connectivity index (χ4v) is 2.09. The quantitative estimate of drug-likeness (QED) is 0.410. The smallest absolute Gasteiger partial charge is 0.746 e. The van der Waals surface area contributed by atoms with Crippen molar-refractivity contribution in [3.05, 3.63) is 29.8 Å². The number of hydrogen-bond acceptors (Lipinski definition) is 4. The van der Waals surface area contributed by atoms with Crippen LogP contribution in [0.3, 0.4) is 0 Å². The van der Waals surface area contributed by atoms with E-state index in [2.05, 4.69) is 5.32 Å². The molecule has 0 spiro atoms. The summed E-state index contributed by atoms with van der Waals surface area (Å²) in [6, 6.07) is 7.19. The van der Waals surface area contributed by atoms with Crippen LogP contribution in [0.5, 0.6) is 0 Å². The Morgan fingerprint density at radius 3 is 2.47 bits per heavy atom. The normalized spacial score (nSPS) is 18.1. The van der Waals surface area contributed by atoms with Crippen molar-refractivity contribution in [2.45, 2.75) is 11.8 Å². The molecule has 7 heteroatoms. The van der Waals surface area contributed by atoms with Gasteiger partial charge >= 0.3 is 29.6 Å². The van der Waals surface area contributed by atoms with Crippen molar-refractivity contribution in [1.29, 1.82) is 0 Å². The van der Waals surface area contributed by atoms with Crippen molar-refractivity contribution >= 4 is 15.8 Å². The summed E-state index contributed by atoms with van der Waals surface area (Å²) >= 11 is 0. The van der Waals surface area contributed by atoms with Gasteiger partial charge < -0.3 is 15.3 Å². The van der Waals surface area contributed by atoms with Crippen molar-refractivity contribution in [2.75, 3.05) is 5.32 Å². The molecule has 1 aromatic carbocycles. The second-order valence-corrected chi connectivity index (χ2v) is 4.54. The van der Waals surface area contributed by atoms with Gasteiger partial charge in [-0.05, 0) is 11.6 Å². The van der Waals surface area contributed by atoms with Gasteiger partial charge in [0.1, 0.15) is 15.5 Å². The van der Waals surface area contributed by atoms with Crippen LogP contribution in [0.25, 0.3) is 0 Å². The Morgan fingerprint density at radius 2 is 1.93 bits per heavy atom. The standard InChI is InChI=1S/C8H9NO3S.Na.H2O/c10-13(11,12)8-5-6-3-1-2-4-7(6)9-8;;/h1-4,8-9H,5H2,(H,10,11,12);;1H2/q;+1;/p-1. The van der Waals surface area contributed by atoms with Crippen molar-refractivity contribution in [3.63, 3.8) is 0 Å². The number of para-hydroxylation sites is 1. The molecule has 0 bridgehead atoms. The summed E-state index contributed by atoms with van der Waals surface area (Å²) in [5.41, 5.74) is 1.62. The predicted molar refractivity (Wildman–Crippen MR) is 50.9 cm³/mol. The summed E-state index contributed by atoms with van der Waals surface area (Å²) in [5.74, 6) is 0. The van der Waals surface area contributed by atoms with E-state index < -0.39 is 15.5 Å². The monoisotopic (exact) mass is 239 g/mol. The molecule has 1 aliphatic heterocycles. The van der Waals surface area contributed by atoms with Gasteiger partial charge in [-0.2, -0.15) is 0 Å². The molecule has 0 saturated heterocycles. The first-order valence-electron chi connectivity index (χ1n) is 3.86. The molecule has 0 aromatic heterocycles. The molecular weight excluding hydrogens is 229 g/mol. The number of hydrogen-bond donors (Lipinski definition) is 1. The molecule has 0 amide bonds. The Bertz CT molecular complexity index is 409. The minimum atomic E-state index is -4.23. The molecule has 1 unspecified atom stereocenters. The zero-order valence-electron chi connectivity index (χ0n) is 8.23. The number of rotatable bonds is 1. The number of fused-ring (bicyclic) bond motifs is 1. The minimum Gasteiger partial charge on any atom is -0.746 e. The molecule has 1 atom stereocenters. The number of nitrogens with one attached hydrogen (secondary N) is 1. The van der Waals surface area contributed by atoms with Crippen molar-refractivity contribution in [3.8, 4) is 0 Å². The molecular formula is C8H10NNaO4S. The Labute approximate surface area is 110 Å². The van der Waals surface area contributed by atoms with Crippen LogP contribution < -0.4 is 34.9 Å². The van der Waals surface area contributed by atoms with Gasteiger partial charge in [-0.3, -0.25) is 0 Å². The van der Waals surface area contributed by atoms with Crippen LogP contribution in [0.4, 0.5) is 5.69 Å². The van der Waals surface area contributed by atoms with Gasteiger partial charge in [0.05, 0.1) is 0 Å². The summed E-state index contributed by atoms with van der Waals surface area (Å²) in [6.07, 6.45) is 0.266. The average molecular weight is 239 g/mol. The van der Waals surface area contributed by atoms with E-state index in [-0.39, 0.29) is 41.5 Å².